The average Bonchev–Trinajstić information content (AvgIpc) is 3.67. The summed E-state index contributed by atoms with van der Waals surface area (Å²) in [6.07, 6.45) is 18.2. The Labute approximate surface area is 378 Å². The van der Waals surface area contributed by atoms with Crippen molar-refractivity contribution in [1.29, 1.82) is 0 Å². The van der Waals surface area contributed by atoms with Gasteiger partial charge in [0, 0.05) is 34.8 Å². The van der Waals surface area contributed by atoms with Crippen LogP contribution in [0.1, 0.15) is 142 Å². The van der Waals surface area contributed by atoms with E-state index in [1.165, 1.54) is 44.9 Å². The van der Waals surface area contributed by atoms with Crippen LogP contribution in [0.4, 0.5) is 0 Å². The van der Waals surface area contributed by atoms with Crippen LogP contribution in [-0.2, 0) is 13.0 Å². The van der Waals surface area contributed by atoms with Crippen LogP contribution in [0.2, 0.25) is 0 Å². The van der Waals surface area contributed by atoms with Crippen molar-refractivity contribution in [3.05, 3.63) is 95.7 Å². The zero-order chi connectivity index (χ0) is 44.9. The molecule has 3 unspecified atom stereocenters. The van der Waals surface area contributed by atoms with Gasteiger partial charge in [-0.1, -0.05) is 148 Å². The Morgan fingerprint density at radius 3 is 1.76 bits per heavy atom. The smallest absolute Gasteiger partial charge is 0.167 e. The predicted octanol–water partition coefficient (Wildman–Crippen LogP) is 15.5. The fourth-order valence-corrected chi connectivity index (χ4v) is 9.09. The molecule has 0 saturated heterocycles. The summed E-state index contributed by atoms with van der Waals surface area (Å²) in [5.41, 5.74) is 7.96. The number of aromatic hydroxyl groups is 2. The lowest BCUT2D eigenvalue weighted by atomic mass is 9.90. The van der Waals surface area contributed by atoms with E-state index < -0.39 is 0 Å². The lowest BCUT2D eigenvalue weighted by molar-refractivity contribution is 0.231. The summed E-state index contributed by atoms with van der Waals surface area (Å²) < 4.78 is 8.74. The van der Waals surface area contributed by atoms with Crippen molar-refractivity contribution in [3.8, 4) is 62.5 Å². The average molecular weight is 851 g/mol. The molecule has 63 heavy (non-hydrogen) atoms. The van der Waals surface area contributed by atoms with E-state index in [0.717, 1.165) is 90.2 Å². The van der Waals surface area contributed by atoms with Crippen LogP contribution in [0.5, 0.6) is 17.2 Å². The first-order valence-electron chi connectivity index (χ1n) is 24.4. The molecule has 0 spiro atoms. The molecule has 2 aromatic heterocycles. The van der Waals surface area contributed by atoms with E-state index in [1.807, 2.05) is 38.1 Å². The van der Waals surface area contributed by atoms with Crippen molar-refractivity contribution >= 4 is 10.9 Å². The Hall–Kier alpha value is -5.17. The number of phenols is 2. The number of fused-ring (bicyclic) bond motifs is 1. The van der Waals surface area contributed by atoms with Crippen molar-refractivity contribution in [1.82, 2.24) is 19.5 Å². The molecule has 2 N–H and O–H groups in total. The first-order valence-corrected chi connectivity index (χ1v) is 24.4. The van der Waals surface area contributed by atoms with Crippen LogP contribution in [0, 0.1) is 31.6 Å². The van der Waals surface area contributed by atoms with E-state index in [4.69, 9.17) is 19.7 Å². The number of benzene rings is 4. The maximum absolute atomic E-state index is 12.0. The van der Waals surface area contributed by atoms with Gasteiger partial charge in [-0.25, -0.2) is 15.0 Å². The second kappa shape index (κ2) is 23.0. The van der Waals surface area contributed by atoms with Gasteiger partial charge in [-0.05, 0) is 110 Å². The zero-order valence-corrected chi connectivity index (χ0v) is 39.6. The summed E-state index contributed by atoms with van der Waals surface area (Å²) >= 11 is 0. The summed E-state index contributed by atoms with van der Waals surface area (Å²) in [5.74, 6) is 3.79. The molecule has 0 saturated carbocycles. The number of hydrogen-bond donors (Lipinski definition) is 2. The Balaban J connectivity index is 1.50. The fourth-order valence-electron chi connectivity index (χ4n) is 9.09. The van der Waals surface area contributed by atoms with Crippen LogP contribution in [0.15, 0.2) is 79.0 Å². The number of aryl methyl sites for hydroxylation is 1. The number of rotatable bonds is 24. The van der Waals surface area contributed by atoms with Crippen molar-refractivity contribution < 1.29 is 14.9 Å². The molecule has 4 aromatic carbocycles. The zero-order valence-electron chi connectivity index (χ0n) is 39.6. The first kappa shape index (κ1) is 47.3. The highest BCUT2D eigenvalue weighted by atomic mass is 16.5. The third-order valence-corrected chi connectivity index (χ3v) is 13.7. The molecule has 336 valence electrons. The Bertz CT molecular complexity index is 2290. The monoisotopic (exact) mass is 851 g/mol. The van der Waals surface area contributed by atoms with Gasteiger partial charge >= 0.3 is 0 Å². The van der Waals surface area contributed by atoms with E-state index in [-0.39, 0.29) is 11.5 Å². The molecular weight excluding hydrogens is 777 g/mol. The molecule has 3 atom stereocenters. The van der Waals surface area contributed by atoms with Gasteiger partial charge in [-0.3, -0.25) is 0 Å². The summed E-state index contributed by atoms with van der Waals surface area (Å²) in [7, 11) is 0. The molecular formula is C56H74N4O3. The molecule has 0 amide bonds. The van der Waals surface area contributed by atoms with Crippen molar-refractivity contribution in [2.45, 2.75) is 152 Å². The highest BCUT2D eigenvalue weighted by molar-refractivity contribution is 5.97. The van der Waals surface area contributed by atoms with Gasteiger partial charge < -0.3 is 19.5 Å². The molecule has 0 fully saturated rings. The number of hydrogen-bond acceptors (Lipinski definition) is 6. The van der Waals surface area contributed by atoms with Crippen LogP contribution in [-0.4, -0.2) is 36.3 Å². The molecule has 6 aromatic rings. The highest BCUT2D eigenvalue weighted by Crippen LogP contribution is 2.41. The number of ether oxygens (including phenoxy) is 1. The van der Waals surface area contributed by atoms with Crippen LogP contribution in [0.25, 0.3) is 56.2 Å². The maximum atomic E-state index is 12.0. The molecule has 6 rings (SSSR count). The predicted molar refractivity (Wildman–Crippen MR) is 264 cm³/mol. The fraction of sp³-hybridized carbons (Fsp3) is 0.482. The van der Waals surface area contributed by atoms with Gasteiger partial charge in [0.15, 0.2) is 17.5 Å². The van der Waals surface area contributed by atoms with Gasteiger partial charge in [0.05, 0.1) is 17.7 Å². The second-order valence-corrected chi connectivity index (χ2v) is 18.0. The van der Waals surface area contributed by atoms with Gasteiger partial charge in [-0.15, -0.1) is 0 Å². The molecule has 0 aliphatic rings. The van der Waals surface area contributed by atoms with Crippen molar-refractivity contribution in [2.75, 3.05) is 6.61 Å². The number of unbranched alkanes of at least 4 members (excludes halogenated alkanes) is 3. The SMILES string of the molecule is CCCCC(CC)CCc1ccc(-c2nc(-c3ccc(OCC(CC)CCCC)c(C)c3O)nc(-c3cn(CC(CC)CCCC)c4ccc(-c5ccccc5)cc34)n2)c(O)c1C. The van der Waals surface area contributed by atoms with E-state index in [1.54, 1.807) is 0 Å². The number of phenolic OH excluding ortho intramolecular Hbond substituents is 2. The van der Waals surface area contributed by atoms with Crippen molar-refractivity contribution in [2.24, 2.45) is 17.8 Å². The summed E-state index contributed by atoms with van der Waals surface area (Å²) in [6, 6.07) is 25.1. The Morgan fingerprint density at radius 1 is 0.571 bits per heavy atom. The molecule has 0 aliphatic carbocycles. The molecule has 0 aliphatic heterocycles. The topological polar surface area (TPSA) is 93.3 Å². The molecule has 0 bridgehead atoms. The Kier molecular flexibility index (Phi) is 17.2. The van der Waals surface area contributed by atoms with Gasteiger partial charge in [0.25, 0.3) is 0 Å². The molecule has 7 heteroatoms. The lowest BCUT2D eigenvalue weighted by Gasteiger charge is -2.18. The minimum Gasteiger partial charge on any atom is -0.507 e. The normalized spacial score (nSPS) is 13.1. The van der Waals surface area contributed by atoms with E-state index >= 15 is 0 Å². The van der Waals surface area contributed by atoms with Gasteiger partial charge in [0.1, 0.15) is 17.2 Å². The molecule has 0 radical (unpaired) electrons. The minimum atomic E-state index is 0.0806. The van der Waals surface area contributed by atoms with E-state index in [0.29, 0.717) is 64.3 Å². The standard InChI is InChI=1S/C56H74N4O3/c1-9-15-21-40(12-4)26-27-43-28-30-46(52(61)38(43)7)54-57-55(47-31-33-51(39(8)53(47)62)63-37-42(14-6)23-17-11-3)59-56(58-54)49-36-60(35-41(13-5)22-16-10-2)50-32-29-45(34-48(49)50)44-24-19-18-20-25-44/h18-20,24-25,28-34,36,40-42,61-62H,9-17,21-23,26-27,35,37H2,1-8H3. The lowest BCUT2D eigenvalue weighted by Crippen LogP contribution is -2.12. The third-order valence-electron chi connectivity index (χ3n) is 13.7. The molecule has 2 heterocycles. The van der Waals surface area contributed by atoms with E-state index in [9.17, 15) is 10.2 Å². The summed E-state index contributed by atoms with van der Waals surface area (Å²) in [6.45, 7) is 18.9. The van der Waals surface area contributed by atoms with Gasteiger partial charge in [0.2, 0.25) is 0 Å². The first-order chi connectivity index (χ1) is 30.6. The summed E-state index contributed by atoms with van der Waals surface area (Å²) in [4.78, 5) is 15.5. The maximum Gasteiger partial charge on any atom is 0.167 e. The van der Waals surface area contributed by atoms with Gasteiger partial charge in [-0.2, -0.15) is 0 Å². The molecule has 7 nitrogen and oxygen atoms in total. The largest absolute Gasteiger partial charge is 0.507 e. The van der Waals surface area contributed by atoms with Crippen molar-refractivity contribution in [3.63, 3.8) is 0 Å². The summed E-state index contributed by atoms with van der Waals surface area (Å²) in [5, 5.41) is 25.0. The number of aromatic nitrogens is 4. The third kappa shape index (κ3) is 11.5. The minimum absolute atomic E-state index is 0.0806. The number of nitrogens with zero attached hydrogens (tertiary/aromatic N) is 4. The van der Waals surface area contributed by atoms with Crippen LogP contribution < -0.4 is 4.74 Å². The van der Waals surface area contributed by atoms with Crippen LogP contribution >= 0.6 is 0 Å². The Morgan fingerprint density at radius 2 is 1.14 bits per heavy atom. The van der Waals surface area contributed by atoms with Crippen LogP contribution in [0.3, 0.4) is 0 Å². The highest BCUT2D eigenvalue weighted by Gasteiger charge is 2.24. The quantitative estimate of drug-likeness (QED) is 0.0630. The second-order valence-electron chi connectivity index (χ2n) is 18.0. The van der Waals surface area contributed by atoms with E-state index in [2.05, 4.69) is 101 Å².